The van der Waals surface area contributed by atoms with Crippen molar-refractivity contribution in [3.8, 4) is 0 Å². The van der Waals surface area contributed by atoms with E-state index >= 15 is 0 Å². The van der Waals surface area contributed by atoms with Crippen LogP contribution in [0.3, 0.4) is 0 Å². The first-order chi connectivity index (χ1) is 10.7. The third-order valence-electron chi connectivity index (χ3n) is 5.13. The van der Waals surface area contributed by atoms with Gasteiger partial charge in [-0.1, -0.05) is 32.4 Å². The quantitative estimate of drug-likeness (QED) is 0.862. The van der Waals surface area contributed by atoms with Gasteiger partial charge in [0.2, 0.25) is 0 Å². The lowest BCUT2D eigenvalue weighted by Crippen LogP contribution is -2.41. The monoisotopic (exact) mass is 301 g/mol. The van der Waals surface area contributed by atoms with Crippen LogP contribution >= 0.6 is 0 Å². The molecule has 0 amide bonds. The first kappa shape index (κ1) is 15.5. The molecule has 1 fully saturated rings. The predicted molar refractivity (Wildman–Crippen MR) is 89.7 cm³/mol. The summed E-state index contributed by atoms with van der Waals surface area (Å²) in [7, 11) is 0. The van der Waals surface area contributed by atoms with Crippen molar-refractivity contribution in [1.29, 1.82) is 0 Å². The van der Waals surface area contributed by atoms with Gasteiger partial charge in [-0.2, -0.15) is 0 Å². The summed E-state index contributed by atoms with van der Waals surface area (Å²) >= 11 is 0. The van der Waals surface area contributed by atoms with Crippen molar-refractivity contribution in [2.45, 2.75) is 58.7 Å². The van der Waals surface area contributed by atoms with Crippen molar-refractivity contribution >= 4 is 11.0 Å². The van der Waals surface area contributed by atoms with Crippen molar-refractivity contribution in [3.05, 3.63) is 30.1 Å². The number of hydrogen-bond acceptors (Lipinski definition) is 3. The summed E-state index contributed by atoms with van der Waals surface area (Å²) in [5, 5.41) is 13.3. The van der Waals surface area contributed by atoms with Crippen LogP contribution in [0.2, 0.25) is 0 Å². The molecule has 3 rings (SSSR count). The van der Waals surface area contributed by atoms with Crippen LogP contribution in [0.15, 0.2) is 24.3 Å². The molecule has 1 aromatic carbocycles. The van der Waals surface area contributed by atoms with Gasteiger partial charge >= 0.3 is 0 Å². The molecule has 2 N–H and O–H groups in total. The highest BCUT2D eigenvalue weighted by molar-refractivity contribution is 5.75. The van der Waals surface area contributed by atoms with Crippen LogP contribution in [-0.2, 0) is 13.1 Å². The van der Waals surface area contributed by atoms with Crippen LogP contribution in [0.4, 0.5) is 0 Å². The molecule has 22 heavy (non-hydrogen) atoms. The van der Waals surface area contributed by atoms with Crippen LogP contribution in [0.5, 0.6) is 0 Å². The zero-order chi connectivity index (χ0) is 15.6. The Morgan fingerprint density at radius 3 is 3.00 bits per heavy atom. The Bertz CT molecular complexity index is 636. The first-order valence-corrected chi connectivity index (χ1v) is 8.46. The largest absolute Gasteiger partial charge is 0.396 e. The number of nitrogens with zero attached hydrogens (tertiary/aromatic N) is 2. The molecule has 1 aromatic heterocycles. The maximum absolute atomic E-state index is 9.69. The van der Waals surface area contributed by atoms with E-state index in [1.54, 1.807) is 0 Å². The van der Waals surface area contributed by atoms with Gasteiger partial charge in [-0.05, 0) is 31.4 Å². The third-order valence-corrected chi connectivity index (χ3v) is 5.13. The zero-order valence-corrected chi connectivity index (χ0v) is 13.7. The fraction of sp³-hybridized carbons (Fsp3) is 0.611. The number of aliphatic hydroxyl groups is 1. The number of para-hydroxylation sites is 2. The Morgan fingerprint density at radius 1 is 1.41 bits per heavy atom. The average molecular weight is 301 g/mol. The molecule has 4 heteroatoms. The fourth-order valence-corrected chi connectivity index (χ4v) is 3.72. The Labute approximate surface area is 132 Å². The molecule has 2 atom stereocenters. The van der Waals surface area contributed by atoms with Gasteiger partial charge in [-0.15, -0.1) is 0 Å². The van der Waals surface area contributed by atoms with Crippen LogP contribution < -0.4 is 5.32 Å². The van der Waals surface area contributed by atoms with E-state index in [1.165, 1.54) is 11.9 Å². The van der Waals surface area contributed by atoms with E-state index in [0.29, 0.717) is 6.04 Å². The second-order valence-electron chi connectivity index (χ2n) is 6.81. The van der Waals surface area contributed by atoms with E-state index in [2.05, 4.69) is 41.9 Å². The number of hydrogen-bond donors (Lipinski definition) is 2. The van der Waals surface area contributed by atoms with Gasteiger partial charge in [0.05, 0.1) is 17.6 Å². The lowest BCUT2D eigenvalue weighted by atomic mass is 9.86. The van der Waals surface area contributed by atoms with Gasteiger partial charge in [-0.25, -0.2) is 4.98 Å². The van der Waals surface area contributed by atoms with Crippen LogP contribution in [0, 0.1) is 5.41 Å². The summed E-state index contributed by atoms with van der Waals surface area (Å²) in [6.45, 7) is 6.42. The number of imidazole rings is 1. The second kappa shape index (κ2) is 6.39. The van der Waals surface area contributed by atoms with E-state index in [1.807, 2.05) is 6.07 Å². The fourth-order valence-electron chi connectivity index (χ4n) is 3.72. The van der Waals surface area contributed by atoms with Crippen molar-refractivity contribution in [1.82, 2.24) is 14.9 Å². The van der Waals surface area contributed by atoms with Crippen LogP contribution in [0.1, 0.15) is 45.4 Å². The Balaban J connectivity index is 1.80. The normalized spacial score (nSPS) is 25.1. The standard InChI is InChI=1S/C18H27N3O/c1-3-11-21-15-8-5-4-7-14(15)20-17(21)12-19-16-9-6-10-18(16,2)13-22/h4-5,7-8,16,19,22H,3,6,9-13H2,1-2H3. The highest BCUT2D eigenvalue weighted by atomic mass is 16.3. The molecule has 0 bridgehead atoms. The van der Waals surface area contributed by atoms with Crippen molar-refractivity contribution in [2.24, 2.45) is 5.41 Å². The number of rotatable bonds is 6. The Hall–Kier alpha value is -1.39. The summed E-state index contributed by atoms with van der Waals surface area (Å²) in [5.74, 6) is 1.11. The third kappa shape index (κ3) is 2.77. The molecule has 4 nitrogen and oxygen atoms in total. The van der Waals surface area contributed by atoms with Gasteiger partial charge in [0.1, 0.15) is 5.82 Å². The summed E-state index contributed by atoms with van der Waals surface area (Å²) in [6, 6.07) is 8.73. The van der Waals surface area contributed by atoms with Crippen molar-refractivity contribution in [3.63, 3.8) is 0 Å². The smallest absolute Gasteiger partial charge is 0.123 e. The van der Waals surface area contributed by atoms with Gasteiger partial charge < -0.3 is 15.0 Å². The molecule has 0 spiro atoms. The van der Waals surface area contributed by atoms with Crippen molar-refractivity contribution < 1.29 is 5.11 Å². The minimum Gasteiger partial charge on any atom is -0.396 e. The first-order valence-electron chi connectivity index (χ1n) is 8.46. The number of aromatic nitrogens is 2. The van der Waals surface area contributed by atoms with Gasteiger partial charge in [0.25, 0.3) is 0 Å². The number of benzene rings is 1. The topological polar surface area (TPSA) is 50.1 Å². The van der Waals surface area contributed by atoms with Crippen LogP contribution in [0.25, 0.3) is 11.0 Å². The highest BCUT2D eigenvalue weighted by Crippen LogP contribution is 2.37. The van der Waals surface area contributed by atoms with E-state index in [4.69, 9.17) is 4.98 Å². The average Bonchev–Trinajstić information content (AvgIpc) is 3.07. The molecule has 1 aliphatic carbocycles. The molecule has 120 valence electrons. The predicted octanol–water partition coefficient (Wildman–Crippen LogP) is 3.09. The summed E-state index contributed by atoms with van der Waals surface area (Å²) in [6.07, 6.45) is 4.54. The molecule has 1 saturated carbocycles. The van der Waals surface area contributed by atoms with E-state index in [9.17, 15) is 5.11 Å². The van der Waals surface area contributed by atoms with Gasteiger partial charge in [-0.3, -0.25) is 0 Å². The SMILES string of the molecule is CCCn1c(CNC2CCCC2(C)CO)nc2ccccc21. The highest BCUT2D eigenvalue weighted by Gasteiger charge is 2.37. The second-order valence-corrected chi connectivity index (χ2v) is 6.81. The lowest BCUT2D eigenvalue weighted by Gasteiger charge is -2.30. The molecule has 0 radical (unpaired) electrons. The maximum Gasteiger partial charge on any atom is 0.123 e. The summed E-state index contributed by atoms with van der Waals surface area (Å²) < 4.78 is 2.33. The number of aliphatic hydroxyl groups excluding tert-OH is 1. The molecule has 2 aromatic rings. The molecule has 0 aliphatic heterocycles. The van der Waals surface area contributed by atoms with E-state index in [0.717, 1.165) is 43.7 Å². The number of nitrogens with one attached hydrogen (secondary N) is 1. The minimum absolute atomic E-state index is 0.0155. The van der Waals surface area contributed by atoms with Gasteiger partial charge in [0.15, 0.2) is 0 Å². The Kier molecular flexibility index (Phi) is 4.50. The summed E-state index contributed by atoms with van der Waals surface area (Å²) in [4.78, 5) is 4.80. The van der Waals surface area contributed by atoms with Crippen molar-refractivity contribution in [2.75, 3.05) is 6.61 Å². The molecule has 2 unspecified atom stereocenters. The van der Waals surface area contributed by atoms with Gasteiger partial charge in [0, 0.05) is 24.6 Å². The molecule has 1 aliphatic rings. The molecular weight excluding hydrogens is 274 g/mol. The minimum atomic E-state index is 0.0155. The molecule has 0 saturated heterocycles. The summed E-state index contributed by atoms with van der Waals surface area (Å²) in [5.41, 5.74) is 2.31. The van der Waals surface area contributed by atoms with E-state index < -0.39 is 0 Å². The van der Waals surface area contributed by atoms with E-state index in [-0.39, 0.29) is 12.0 Å². The Morgan fingerprint density at radius 2 is 2.23 bits per heavy atom. The molecule has 1 heterocycles. The van der Waals surface area contributed by atoms with Crippen LogP contribution in [-0.4, -0.2) is 27.3 Å². The molecular formula is C18H27N3O. The maximum atomic E-state index is 9.69. The number of fused-ring (bicyclic) bond motifs is 1. The lowest BCUT2D eigenvalue weighted by molar-refractivity contribution is 0.118. The number of aryl methyl sites for hydroxylation is 1. The zero-order valence-electron chi connectivity index (χ0n) is 13.7.